The van der Waals surface area contributed by atoms with E-state index >= 15 is 0 Å². The maximum atomic E-state index is 10.7. The average Bonchev–Trinajstić information content (AvgIpc) is 2.30. The number of aromatic nitrogens is 1. The lowest BCUT2D eigenvalue weighted by molar-refractivity contribution is -0.119. The summed E-state index contributed by atoms with van der Waals surface area (Å²) in [4.78, 5) is 14.5. The lowest BCUT2D eigenvalue weighted by Crippen LogP contribution is -2.28. The number of halogens is 1. The molecule has 0 saturated heterocycles. The topological polar surface area (TPSA) is 108 Å². The minimum Gasteiger partial charge on any atom is -0.390 e. The van der Waals surface area contributed by atoms with Crippen molar-refractivity contribution in [2.45, 2.75) is 25.6 Å². The van der Waals surface area contributed by atoms with Crippen molar-refractivity contribution in [3.8, 4) is 0 Å². The normalized spacial score (nSPS) is 14.0. The number of hydrogen-bond donors (Lipinski definition) is 4. The summed E-state index contributed by atoms with van der Waals surface area (Å²) in [7, 11) is 0. The molecule has 1 amide bonds. The summed E-state index contributed by atoms with van der Waals surface area (Å²) in [5.41, 5.74) is 5.87. The van der Waals surface area contributed by atoms with Crippen molar-refractivity contribution in [2.75, 3.05) is 12.3 Å². The van der Waals surface area contributed by atoms with E-state index in [0.717, 1.165) is 0 Å². The Morgan fingerprint density at radius 2 is 2.28 bits per heavy atom. The van der Waals surface area contributed by atoms with E-state index in [4.69, 9.17) is 17.3 Å². The third kappa shape index (κ3) is 4.14. The molecule has 1 rings (SSSR count). The lowest BCUT2D eigenvalue weighted by atomic mass is 10.0. The lowest BCUT2D eigenvalue weighted by Gasteiger charge is -2.19. The largest absolute Gasteiger partial charge is 0.390 e. The molecule has 6 nitrogen and oxygen atoms in total. The molecule has 1 heterocycles. The number of aliphatic hydroxyl groups excluding tert-OH is 2. The van der Waals surface area contributed by atoms with Crippen molar-refractivity contribution in [1.29, 1.82) is 0 Å². The Bertz CT molecular complexity index is 428. The second kappa shape index (κ2) is 6.53. The van der Waals surface area contributed by atoms with E-state index in [1.54, 1.807) is 0 Å². The van der Waals surface area contributed by atoms with Gasteiger partial charge >= 0.3 is 0 Å². The third-order valence-corrected chi connectivity index (χ3v) is 2.62. The van der Waals surface area contributed by atoms with Crippen LogP contribution < -0.4 is 11.1 Å². The number of nitrogen functional groups attached to an aromatic ring is 1. The summed E-state index contributed by atoms with van der Waals surface area (Å²) < 4.78 is 0. The van der Waals surface area contributed by atoms with Gasteiger partial charge in [0.05, 0.1) is 11.1 Å². The zero-order chi connectivity index (χ0) is 13.7. The van der Waals surface area contributed by atoms with Crippen LogP contribution in [0.4, 0.5) is 5.82 Å². The standard InChI is InChI=1S/C11H16ClN3O3/c1-6(16)14-3-2-9(17)10(18)8-4-7(12)5-15-11(8)13/h4-5,9-10,17-18H,2-3H2,1H3,(H2,13,15)(H,14,16). The van der Waals surface area contributed by atoms with Crippen LogP contribution in [0.5, 0.6) is 0 Å². The molecule has 0 saturated carbocycles. The number of nitrogens with two attached hydrogens (primary N) is 1. The van der Waals surface area contributed by atoms with Crippen molar-refractivity contribution >= 4 is 23.3 Å². The first-order valence-electron chi connectivity index (χ1n) is 5.43. The molecule has 18 heavy (non-hydrogen) atoms. The molecule has 1 aromatic rings. The molecule has 0 radical (unpaired) electrons. The Labute approximate surface area is 110 Å². The summed E-state index contributed by atoms with van der Waals surface area (Å²) in [6.07, 6.45) is -0.687. The van der Waals surface area contributed by atoms with Gasteiger partial charge in [0.15, 0.2) is 0 Å². The highest BCUT2D eigenvalue weighted by molar-refractivity contribution is 6.30. The van der Waals surface area contributed by atoms with Crippen LogP contribution in [0.25, 0.3) is 0 Å². The van der Waals surface area contributed by atoms with E-state index in [2.05, 4.69) is 10.3 Å². The molecule has 0 aliphatic carbocycles. The molecule has 1 aromatic heterocycles. The molecule has 5 N–H and O–H groups in total. The number of hydrogen-bond acceptors (Lipinski definition) is 5. The van der Waals surface area contributed by atoms with Gasteiger partial charge in [0.25, 0.3) is 0 Å². The predicted molar refractivity (Wildman–Crippen MR) is 67.9 cm³/mol. The quantitative estimate of drug-likeness (QED) is 0.614. The van der Waals surface area contributed by atoms with Gasteiger partial charge in [-0.25, -0.2) is 4.98 Å². The van der Waals surface area contributed by atoms with E-state index in [1.165, 1.54) is 19.2 Å². The number of carbonyl (C=O) groups is 1. The maximum Gasteiger partial charge on any atom is 0.216 e. The molecule has 0 bridgehead atoms. The molecule has 0 spiro atoms. The van der Waals surface area contributed by atoms with Crippen molar-refractivity contribution in [1.82, 2.24) is 10.3 Å². The van der Waals surface area contributed by atoms with Crippen molar-refractivity contribution < 1.29 is 15.0 Å². The average molecular weight is 274 g/mol. The SMILES string of the molecule is CC(=O)NCCC(O)C(O)c1cc(Cl)cnc1N. The number of aliphatic hydroxyl groups is 2. The van der Waals surface area contributed by atoms with Gasteiger partial charge in [-0.05, 0) is 12.5 Å². The maximum absolute atomic E-state index is 10.7. The van der Waals surface area contributed by atoms with Gasteiger partial charge in [-0.2, -0.15) is 0 Å². The van der Waals surface area contributed by atoms with E-state index in [1.807, 2.05) is 0 Å². The highest BCUT2D eigenvalue weighted by atomic mass is 35.5. The van der Waals surface area contributed by atoms with Gasteiger partial charge in [-0.1, -0.05) is 11.6 Å². The fraction of sp³-hybridized carbons (Fsp3) is 0.455. The zero-order valence-electron chi connectivity index (χ0n) is 9.93. The summed E-state index contributed by atoms with van der Waals surface area (Å²) in [5, 5.41) is 22.5. The Hall–Kier alpha value is -1.37. The van der Waals surface area contributed by atoms with Crippen LogP contribution in [-0.2, 0) is 4.79 Å². The molecule has 0 aliphatic heterocycles. The van der Waals surface area contributed by atoms with Crippen LogP contribution in [-0.4, -0.2) is 33.8 Å². The highest BCUT2D eigenvalue weighted by Crippen LogP contribution is 2.25. The molecule has 0 aromatic carbocycles. The second-order valence-electron chi connectivity index (χ2n) is 3.91. The van der Waals surface area contributed by atoms with Gasteiger partial charge in [-0.15, -0.1) is 0 Å². The summed E-state index contributed by atoms with van der Waals surface area (Å²) >= 11 is 5.74. The Kier molecular flexibility index (Phi) is 5.33. The van der Waals surface area contributed by atoms with Gasteiger partial charge in [0.2, 0.25) is 5.91 Å². The number of pyridine rings is 1. The smallest absolute Gasteiger partial charge is 0.216 e. The first kappa shape index (κ1) is 14.7. The van der Waals surface area contributed by atoms with Crippen LogP contribution in [0.1, 0.15) is 25.0 Å². The van der Waals surface area contributed by atoms with Crippen LogP contribution in [0.2, 0.25) is 5.02 Å². The molecular weight excluding hydrogens is 258 g/mol. The van der Waals surface area contributed by atoms with Crippen molar-refractivity contribution in [2.24, 2.45) is 0 Å². The monoisotopic (exact) mass is 273 g/mol. The second-order valence-corrected chi connectivity index (χ2v) is 4.35. The molecule has 100 valence electrons. The Morgan fingerprint density at radius 3 is 2.89 bits per heavy atom. The molecule has 7 heteroatoms. The van der Waals surface area contributed by atoms with Crippen LogP contribution >= 0.6 is 11.6 Å². The Morgan fingerprint density at radius 1 is 1.61 bits per heavy atom. The van der Waals surface area contributed by atoms with Crippen molar-refractivity contribution in [3.63, 3.8) is 0 Å². The fourth-order valence-corrected chi connectivity index (χ4v) is 1.63. The molecule has 2 atom stereocenters. The minimum absolute atomic E-state index is 0.116. The molecule has 0 aliphatic rings. The number of anilines is 1. The van der Waals surface area contributed by atoms with Crippen LogP contribution in [0.15, 0.2) is 12.3 Å². The van der Waals surface area contributed by atoms with Crippen LogP contribution in [0, 0.1) is 0 Å². The summed E-state index contributed by atoms with van der Waals surface area (Å²) in [6.45, 7) is 1.64. The molecular formula is C11H16ClN3O3. The third-order valence-electron chi connectivity index (χ3n) is 2.41. The number of nitrogens with one attached hydrogen (secondary N) is 1. The van der Waals surface area contributed by atoms with E-state index < -0.39 is 12.2 Å². The number of amides is 1. The van der Waals surface area contributed by atoms with Crippen molar-refractivity contribution in [3.05, 3.63) is 22.8 Å². The van der Waals surface area contributed by atoms with E-state index in [9.17, 15) is 15.0 Å². The van der Waals surface area contributed by atoms with Gasteiger partial charge in [0, 0.05) is 25.2 Å². The fourth-order valence-electron chi connectivity index (χ4n) is 1.46. The van der Waals surface area contributed by atoms with Crippen LogP contribution in [0.3, 0.4) is 0 Å². The first-order chi connectivity index (χ1) is 8.41. The first-order valence-corrected chi connectivity index (χ1v) is 5.81. The van der Waals surface area contributed by atoms with E-state index in [0.29, 0.717) is 5.02 Å². The predicted octanol–water partition coefficient (Wildman–Crippen LogP) is 0.238. The number of nitrogens with zero attached hydrogens (tertiary/aromatic N) is 1. The van der Waals surface area contributed by atoms with Gasteiger partial charge < -0.3 is 21.3 Å². The number of carbonyl (C=O) groups excluding carboxylic acids is 1. The molecule has 0 fully saturated rings. The summed E-state index contributed by atoms with van der Waals surface area (Å²) in [5.74, 6) is -0.0777. The zero-order valence-corrected chi connectivity index (χ0v) is 10.7. The van der Waals surface area contributed by atoms with E-state index in [-0.39, 0.29) is 30.3 Å². The number of rotatable bonds is 5. The van der Waals surface area contributed by atoms with Gasteiger partial charge in [-0.3, -0.25) is 4.79 Å². The summed E-state index contributed by atoms with van der Waals surface area (Å²) in [6, 6.07) is 1.45. The molecule has 2 unspecified atom stereocenters. The highest BCUT2D eigenvalue weighted by Gasteiger charge is 2.21. The minimum atomic E-state index is -1.19. The Balaban J connectivity index is 2.64. The van der Waals surface area contributed by atoms with Gasteiger partial charge in [0.1, 0.15) is 11.9 Å².